The second-order valence-corrected chi connectivity index (χ2v) is 3.87. The lowest BCUT2D eigenvalue weighted by Gasteiger charge is -2.02. The molecular weight excluding hydrogens is 214 g/mol. The van der Waals surface area contributed by atoms with Crippen LogP contribution < -0.4 is 5.73 Å². The number of primary amides is 1. The van der Waals surface area contributed by atoms with E-state index in [2.05, 4.69) is 9.97 Å². The predicted octanol–water partition coefficient (Wildman–Crippen LogP) is 1.48. The van der Waals surface area contributed by atoms with Crippen molar-refractivity contribution in [2.45, 2.75) is 13.3 Å². The molecule has 17 heavy (non-hydrogen) atoms. The molecule has 0 fully saturated rings. The Morgan fingerprint density at radius 3 is 2.24 bits per heavy atom. The fraction of sp³-hybridized carbons (Fsp3) is 0.154. The van der Waals surface area contributed by atoms with Crippen LogP contribution in [0.25, 0.3) is 11.1 Å². The van der Waals surface area contributed by atoms with Gasteiger partial charge in [-0.25, -0.2) is 0 Å². The summed E-state index contributed by atoms with van der Waals surface area (Å²) >= 11 is 0. The van der Waals surface area contributed by atoms with E-state index in [1.54, 1.807) is 18.5 Å². The monoisotopic (exact) mass is 227 g/mol. The third kappa shape index (κ3) is 2.87. The number of carbonyl (C=O) groups is 1. The molecule has 2 N–H and O–H groups in total. The van der Waals surface area contributed by atoms with Gasteiger partial charge in [0.1, 0.15) is 0 Å². The third-order valence-electron chi connectivity index (χ3n) is 2.42. The Balaban J connectivity index is 2.23. The van der Waals surface area contributed by atoms with Crippen molar-refractivity contribution in [2.75, 3.05) is 0 Å². The highest BCUT2D eigenvalue weighted by molar-refractivity contribution is 5.76. The lowest BCUT2D eigenvalue weighted by atomic mass is 10.1. The average Bonchev–Trinajstić information content (AvgIpc) is 2.30. The molecule has 0 aliphatic heterocycles. The number of nitrogens with two attached hydrogens (primary N) is 1. The lowest BCUT2D eigenvalue weighted by Crippen LogP contribution is -2.14. The van der Waals surface area contributed by atoms with Gasteiger partial charge in [-0.05, 0) is 19.1 Å². The van der Waals surface area contributed by atoms with E-state index in [1.807, 2.05) is 25.1 Å². The van der Waals surface area contributed by atoms with Gasteiger partial charge >= 0.3 is 0 Å². The summed E-state index contributed by atoms with van der Waals surface area (Å²) in [4.78, 5) is 19.1. The zero-order chi connectivity index (χ0) is 12.3. The van der Waals surface area contributed by atoms with Gasteiger partial charge in [-0.1, -0.05) is 12.1 Å². The van der Waals surface area contributed by atoms with Crippen LogP contribution in [0.2, 0.25) is 0 Å². The third-order valence-corrected chi connectivity index (χ3v) is 2.42. The van der Waals surface area contributed by atoms with Gasteiger partial charge in [0.2, 0.25) is 5.91 Å². The highest BCUT2D eigenvalue weighted by Crippen LogP contribution is 2.17. The summed E-state index contributed by atoms with van der Waals surface area (Å²) < 4.78 is 0. The standard InChI is InChI=1S/C13H13N3O/c1-9-2-3-10(7-15-9)11-4-5-12(16-8-11)6-13(14)17/h2-5,7-8H,6H2,1H3,(H2,14,17). The maximum atomic E-state index is 10.7. The number of pyridine rings is 2. The molecule has 2 rings (SSSR count). The molecule has 2 heterocycles. The van der Waals surface area contributed by atoms with E-state index >= 15 is 0 Å². The van der Waals surface area contributed by atoms with E-state index in [9.17, 15) is 4.79 Å². The van der Waals surface area contributed by atoms with Gasteiger partial charge in [-0.3, -0.25) is 14.8 Å². The number of hydrogen-bond donors (Lipinski definition) is 1. The van der Waals surface area contributed by atoms with Crippen LogP contribution in [0.1, 0.15) is 11.4 Å². The van der Waals surface area contributed by atoms with Gasteiger partial charge in [0, 0.05) is 34.9 Å². The largest absolute Gasteiger partial charge is 0.369 e. The number of hydrogen-bond acceptors (Lipinski definition) is 3. The normalized spacial score (nSPS) is 10.2. The molecule has 0 saturated carbocycles. The number of rotatable bonds is 3. The number of aryl methyl sites for hydroxylation is 1. The molecule has 0 radical (unpaired) electrons. The highest BCUT2D eigenvalue weighted by Gasteiger charge is 2.02. The van der Waals surface area contributed by atoms with Gasteiger partial charge in [0.15, 0.2) is 0 Å². The second-order valence-electron chi connectivity index (χ2n) is 3.87. The zero-order valence-electron chi connectivity index (χ0n) is 9.55. The predicted molar refractivity (Wildman–Crippen MR) is 65.1 cm³/mol. The molecule has 0 aliphatic rings. The number of amides is 1. The Morgan fingerprint density at radius 1 is 1.12 bits per heavy atom. The SMILES string of the molecule is Cc1ccc(-c2ccc(CC(N)=O)nc2)cn1. The summed E-state index contributed by atoms with van der Waals surface area (Å²) in [5, 5.41) is 0. The molecule has 2 aromatic rings. The Hall–Kier alpha value is -2.23. The van der Waals surface area contributed by atoms with Crippen LogP contribution in [-0.4, -0.2) is 15.9 Å². The van der Waals surface area contributed by atoms with Gasteiger partial charge in [-0.2, -0.15) is 0 Å². The molecule has 0 spiro atoms. The van der Waals surface area contributed by atoms with Crippen molar-refractivity contribution >= 4 is 5.91 Å². The molecule has 1 amide bonds. The van der Waals surface area contributed by atoms with Crippen LogP contribution in [0.3, 0.4) is 0 Å². The smallest absolute Gasteiger partial charge is 0.223 e. The maximum Gasteiger partial charge on any atom is 0.223 e. The molecule has 0 bridgehead atoms. The summed E-state index contributed by atoms with van der Waals surface area (Å²) in [7, 11) is 0. The van der Waals surface area contributed by atoms with Gasteiger partial charge in [0.25, 0.3) is 0 Å². The molecule has 86 valence electrons. The maximum absolute atomic E-state index is 10.7. The van der Waals surface area contributed by atoms with Crippen molar-refractivity contribution in [3.63, 3.8) is 0 Å². The van der Waals surface area contributed by atoms with Gasteiger partial charge in [-0.15, -0.1) is 0 Å². The minimum absolute atomic E-state index is 0.173. The Kier molecular flexibility index (Phi) is 3.14. The molecule has 4 heteroatoms. The molecule has 0 unspecified atom stereocenters. The molecule has 2 aromatic heterocycles. The van der Waals surface area contributed by atoms with Gasteiger partial charge < -0.3 is 5.73 Å². The molecule has 0 saturated heterocycles. The van der Waals surface area contributed by atoms with Crippen molar-refractivity contribution < 1.29 is 4.79 Å². The summed E-state index contributed by atoms with van der Waals surface area (Å²) in [5.74, 6) is -0.373. The highest BCUT2D eigenvalue weighted by atomic mass is 16.1. The first kappa shape index (κ1) is 11.3. The van der Waals surface area contributed by atoms with E-state index in [-0.39, 0.29) is 12.3 Å². The molecule has 0 atom stereocenters. The first-order valence-corrected chi connectivity index (χ1v) is 5.31. The summed E-state index contributed by atoms with van der Waals surface area (Å²) in [6.45, 7) is 1.94. The van der Waals surface area contributed by atoms with Crippen LogP contribution in [0.15, 0.2) is 36.7 Å². The van der Waals surface area contributed by atoms with Crippen LogP contribution in [0.4, 0.5) is 0 Å². The first-order chi connectivity index (χ1) is 8.15. The van der Waals surface area contributed by atoms with E-state index in [1.165, 1.54) is 0 Å². The van der Waals surface area contributed by atoms with E-state index < -0.39 is 0 Å². The Labute approximate surface area is 99.5 Å². The van der Waals surface area contributed by atoms with Crippen molar-refractivity contribution in [1.29, 1.82) is 0 Å². The van der Waals surface area contributed by atoms with Crippen LogP contribution >= 0.6 is 0 Å². The van der Waals surface area contributed by atoms with Crippen LogP contribution in [-0.2, 0) is 11.2 Å². The first-order valence-electron chi connectivity index (χ1n) is 5.31. The van der Waals surface area contributed by atoms with Crippen molar-refractivity contribution in [1.82, 2.24) is 9.97 Å². The zero-order valence-corrected chi connectivity index (χ0v) is 9.55. The van der Waals surface area contributed by atoms with Crippen molar-refractivity contribution in [2.24, 2.45) is 5.73 Å². The van der Waals surface area contributed by atoms with E-state index in [0.29, 0.717) is 5.69 Å². The molecular formula is C13H13N3O. The summed E-state index contributed by atoms with van der Waals surface area (Å²) in [5.41, 5.74) is 8.75. The fourth-order valence-corrected chi connectivity index (χ4v) is 1.52. The van der Waals surface area contributed by atoms with Crippen molar-refractivity contribution in [3.05, 3.63) is 48.0 Å². The number of nitrogens with zero attached hydrogens (tertiary/aromatic N) is 2. The van der Waals surface area contributed by atoms with Crippen molar-refractivity contribution in [3.8, 4) is 11.1 Å². The van der Waals surface area contributed by atoms with Crippen LogP contribution in [0, 0.1) is 6.92 Å². The molecule has 0 aromatic carbocycles. The van der Waals surface area contributed by atoms with Crippen LogP contribution in [0.5, 0.6) is 0 Å². The Bertz CT molecular complexity index is 517. The quantitative estimate of drug-likeness (QED) is 0.863. The van der Waals surface area contributed by atoms with E-state index in [0.717, 1.165) is 16.8 Å². The fourth-order valence-electron chi connectivity index (χ4n) is 1.52. The van der Waals surface area contributed by atoms with Gasteiger partial charge in [0.05, 0.1) is 6.42 Å². The second kappa shape index (κ2) is 4.74. The summed E-state index contributed by atoms with van der Waals surface area (Å²) in [6, 6.07) is 7.66. The van der Waals surface area contributed by atoms with E-state index in [4.69, 9.17) is 5.73 Å². The molecule has 0 aliphatic carbocycles. The minimum Gasteiger partial charge on any atom is -0.369 e. The topological polar surface area (TPSA) is 68.9 Å². The Morgan fingerprint density at radius 2 is 1.76 bits per heavy atom. The average molecular weight is 227 g/mol. The molecule has 4 nitrogen and oxygen atoms in total. The number of carbonyl (C=O) groups excluding carboxylic acids is 1. The summed E-state index contributed by atoms with van der Waals surface area (Å²) in [6.07, 6.45) is 3.71. The lowest BCUT2D eigenvalue weighted by molar-refractivity contribution is -0.117. The number of aromatic nitrogens is 2. The minimum atomic E-state index is -0.373.